The molecule has 1 rings (SSSR count). The van der Waals surface area contributed by atoms with Gasteiger partial charge in [0.1, 0.15) is 17.7 Å². The minimum absolute atomic E-state index is 0.0450. The van der Waals surface area contributed by atoms with Gasteiger partial charge in [0, 0.05) is 10.5 Å². The molecule has 1 aromatic rings. The first-order valence-electron chi connectivity index (χ1n) is 4.98. The lowest BCUT2D eigenvalue weighted by Gasteiger charge is -2.17. The molecule has 17 heavy (non-hydrogen) atoms. The molecule has 0 heterocycles. The second-order valence-electron chi connectivity index (χ2n) is 3.37. The van der Waals surface area contributed by atoms with Crippen molar-refractivity contribution < 1.29 is 18.3 Å². The fraction of sp³-hybridized carbons (Fsp3) is 0.364. The van der Waals surface area contributed by atoms with Crippen LogP contribution in [0.15, 0.2) is 16.6 Å². The van der Waals surface area contributed by atoms with E-state index >= 15 is 0 Å². The Labute approximate surface area is 106 Å². The van der Waals surface area contributed by atoms with Gasteiger partial charge in [-0.1, -0.05) is 6.92 Å². The zero-order chi connectivity index (χ0) is 13.0. The first kappa shape index (κ1) is 13.9. The van der Waals surface area contributed by atoms with Crippen molar-refractivity contribution in [1.29, 1.82) is 0 Å². The number of methoxy groups -OCH3 is 1. The molecule has 1 N–H and O–H groups in total. The molecule has 0 saturated carbocycles. The fourth-order valence-corrected chi connectivity index (χ4v) is 1.85. The van der Waals surface area contributed by atoms with E-state index in [0.29, 0.717) is 6.42 Å². The maximum absolute atomic E-state index is 13.5. The third-order valence-electron chi connectivity index (χ3n) is 2.22. The van der Waals surface area contributed by atoms with Crippen LogP contribution in [-0.2, 0) is 9.53 Å². The third kappa shape index (κ3) is 3.39. The number of benzene rings is 1. The van der Waals surface area contributed by atoms with Crippen molar-refractivity contribution in [3.8, 4) is 0 Å². The van der Waals surface area contributed by atoms with Crippen molar-refractivity contribution >= 4 is 27.6 Å². The number of esters is 1. The van der Waals surface area contributed by atoms with Crippen LogP contribution in [0.1, 0.15) is 13.3 Å². The largest absolute Gasteiger partial charge is 0.467 e. The second-order valence-corrected chi connectivity index (χ2v) is 4.23. The molecule has 1 atom stereocenters. The van der Waals surface area contributed by atoms with Gasteiger partial charge in [0.2, 0.25) is 0 Å². The van der Waals surface area contributed by atoms with Crippen molar-refractivity contribution in [2.45, 2.75) is 19.4 Å². The Morgan fingerprint density at radius 2 is 2.18 bits per heavy atom. The third-order valence-corrected chi connectivity index (χ3v) is 2.84. The van der Waals surface area contributed by atoms with Crippen LogP contribution in [0.3, 0.4) is 0 Å². The van der Waals surface area contributed by atoms with E-state index < -0.39 is 23.6 Å². The summed E-state index contributed by atoms with van der Waals surface area (Å²) in [4.78, 5) is 11.3. The molecule has 0 aliphatic rings. The molecule has 0 saturated heterocycles. The van der Waals surface area contributed by atoms with E-state index in [9.17, 15) is 13.6 Å². The summed E-state index contributed by atoms with van der Waals surface area (Å²) in [5, 5.41) is 2.68. The Morgan fingerprint density at radius 1 is 1.53 bits per heavy atom. The highest BCUT2D eigenvalue weighted by Crippen LogP contribution is 2.27. The molecule has 0 spiro atoms. The quantitative estimate of drug-likeness (QED) is 0.869. The van der Waals surface area contributed by atoms with Crippen LogP contribution in [0.2, 0.25) is 0 Å². The van der Waals surface area contributed by atoms with Crippen LogP contribution in [-0.4, -0.2) is 19.1 Å². The average molecular weight is 308 g/mol. The van der Waals surface area contributed by atoms with Gasteiger partial charge in [-0.15, -0.1) is 0 Å². The maximum atomic E-state index is 13.5. The predicted octanol–water partition coefficient (Wildman–Crippen LogP) is 3.09. The van der Waals surface area contributed by atoms with E-state index in [4.69, 9.17) is 0 Å². The highest BCUT2D eigenvalue weighted by Gasteiger charge is 2.20. The van der Waals surface area contributed by atoms with E-state index in [1.807, 2.05) is 0 Å². The summed E-state index contributed by atoms with van der Waals surface area (Å²) in [6.07, 6.45) is 0.427. The molecule has 0 aliphatic heterocycles. The molecule has 94 valence electrons. The maximum Gasteiger partial charge on any atom is 0.328 e. The van der Waals surface area contributed by atoms with E-state index in [-0.39, 0.29) is 10.2 Å². The SMILES string of the molecule is CCC(Nc1c(F)cc(F)cc1Br)C(=O)OC. The van der Waals surface area contributed by atoms with Gasteiger partial charge in [-0.3, -0.25) is 0 Å². The Hall–Kier alpha value is -1.17. The van der Waals surface area contributed by atoms with Crippen LogP contribution in [0.5, 0.6) is 0 Å². The smallest absolute Gasteiger partial charge is 0.328 e. The second kappa shape index (κ2) is 5.95. The van der Waals surface area contributed by atoms with Crippen LogP contribution < -0.4 is 5.32 Å². The lowest BCUT2D eigenvalue weighted by atomic mass is 10.2. The van der Waals surface area contributed by atoms with Gasteiger partial charge in [-0.05, 0) is 28.4 Å². The molecule has 6 heteroatoms. The molecule has 0 bridgehead atoms. The van der Waals surface area contributed by atoms with Crippen LogP contribution >= 0.6 is 15.9 Å². The van der Waals surface area contributed by atoms with Gasteiger partial charge in [0.15, 0.2) is 0 Å². The highest BCUT2D eigenvalue weighted by atomic mass is 79.9. The fourth-order valence-electron chi connectivity index (χ4n) is 1.32. The van der Waals surface area contributed by atoms with Crippen molar-refractivity contribution in [3.63, 3.8) is 0 Å². The summed E-state index contributed by atoms with van der Waals surface area (Å²) >= 11 is 3.03. The van der Waals surface area contributed by atoms with Crippen molar-refractivity contribution in [2.24, 2.45) is 0 Å². The predicted molar refractivity (Wildman–Crippen MR) is 63.8 cm³/mol. The minimum Gasteiger partial charge on any atom is -0.467 e. The molecule has 0 fully saturated rings. The Kier molecular flexibility index (Phi) is 4.86. The average Bonchev–Trinajstić information content (AvgIpc) is 2.27. The van der Waals surface area contributed by atoms with Crippen LogP contribution in [0, 0.1) is 11.6 Å². The van der Waals surface area contributed by atoms with E-state index in [1.54, 1.807) is 6.92 Å². The summed E-state index contributed by atoms with van der Waals surface area (Å²) in [5.41, 5.74) is 0.0450. The summed E-state index contributed by atoms with van der Waals surface area (Å²) in [6, 6.07) is 1.20. The van der Waals surface area contributed by atoms with Crippen LogP contribution in [0.4, 0.5) is 14.5 Å². The van der Waals surface area contributed by atoms with Gasteiger partial charge >= 0.3 is 5.97 Å². The summed E-state index contributed by atoms with van der Waals surface area (Å²) < 4.78 is 31.1. The number of halogens is 3. The van der Waals surface area contributed by atoms with Gasteiger partial charge < -0.3 is 10.1 Å². The first-order valence-corrected chi connectivity index (χ1v) is 5.77. The zero-order valence-corrected chi connectivity index (χ0v) is 11.0. The number of carbonyl (C=O) groups excluding carboxylic acids is 1. The molecule has 0 aromatic heterocycles. The number of anilines is 1. The van der Waals surface area contributed by atoms with Gasteiger partial charge in [-0.25, -0.2) is 13.6 Å². The van der Waals surface area contributed by atoms with Crippen molar-refractivity contribution in [2.75, 3.05) is 12.4 Å². The molecule has 1 aromatic carbocycles. The summed E-state index contributed by atoms with van der Waals surface area (Å²) in [7, 11) is 1.25. The Balaban J connectivity index is 2.98. The summed E-state index contributed by atoms with van der Waals surface area (Å²) in [5.74, 6) is -1.95. The first-order chi connectivity index (χ1) is 7.99. The number of carbonyl (C=O) groups is 1. The number of hydrogen-bond donors (Lipinski definition) is 1. The number of ether oxygens (including phenoxy) is 1. The zero-order valence-electron chi connectivity index (χ0n) is 9.39. The molecule has 1 unspecified atom stereocenters. The number of nitrogens with one attached hydrogen (secondary N) is 1. The van der Waals surface area contributed by atoms with E-state index in [2.05, 4.69) is 26.0 Å². The van der Waals surface area contributed by atoms with E-state index in [1.165, 1.54) is 7.11 Å². The summed E-state index contributed by atoms with van der Waals surface area (Å²) in [6.45, 7) is 1.75. The molecular formula is C11H12BrF2NO2. The topological polar surface area (TPSA) is 38.3 Å². The number of hydrogen-bond acceptors (Lipinski definition) is 3. The van der Waals surface area contributed by atoms with Crippen molar-refractivity contribution in [1.82, 2.24) is 0 Å². The highest BCUT2D eigenvalue weighted by molar-refractivity contribution is 9.10. The number of rotatable bonds is 4. The lowest BCUT2D eigenvalue weighted by Crippen LogP contribution is -2.30. The van der Waals surface area contributed by atoms with Gasteiger partial charge in [0.05, 0.1) is 12.8 Å². The standard InChI is InChI=1S/C11H12BrF2NO2/c1-3-9(11(16)17-2)15-10-7(12)4-6(13)5-8(10)14/h4-5,9,15H,3H2,1-2H3. The monoisotopic (exact) mass is 307 g/mol. The van der Waals surface area contributed by atoms with Gasteiger partial charge in [0.25, 0.3) is 0 Å². The Morgan fingerprint density at radius 3 is 2.65 bits per heavy atom. The Bertz CT molecular complexity index is 403. The van der Waals surface area contributed by atoms with Crippen LogP contribution in [0.25, 0.3) is 0 Å². The molecule has 0 aliphatic carbocycles. The van der Waals surface area contributed by atoms with E-state index in [0.717, 1.165) is 12.1 Å². The molecule has 0 radical (unpaired) electrons. The van der Waals surface area contributed by atoms with Gasteiger partial charge in [-0.2, -0.15) is 0 Å². The molecule has 0 amide bonds. The lowest BCUT2D eigenvalue weighted by molar-refractivity contribution is -0.141. The normalized spacial score (nSPS) is 12.1. The molecule has 3 nitrogen and oxygen atoms in total. The minimum atomic E-state index is -0.765. The van der Waals surface area contributed by atoms with Crippen molar-refractivity contribution in [3.05, 3.63) is 28.2 Å². The molecular weight excluding hydrogens is 296 g/mol.